The van der Waals surface area contributed by atoms with Crippen LogP contribution >= 0.6 is 0 Å². The zero-order valence-electron chi connectivity index (χ0n) is 1.30. The predicted octanol–water partition coefficient (Wildman–Crippen LogP) is -1.44. The van der Waals surface area contributed by atoms with Gasteiger partial charge in [0, 0.05) is 1.43 Å². The first-order valence-corrected chi connectivity index (χ1v) is 0.383. The molecule has 0 saturated heterocycles. The molecule has 5 heavy (non-hydrogen) atoms. The molecule has 28 valence electrons. The minimum absolute atomic E-state index is 0. The van der Waals surface area contributed by atoms with Crippen molar-refractivity contribution in [2.75, 3.05) is 0 Å². The Morgan fingerprint density at radius 2 is 1.80 bits per heavy atom. The molecule has 3 nitrogen and oxygen atoms in total. The molecule has 0 aromatic heterocycles. The van der Waals surface area contributed by atoms with Gasteiger partial charge < -0.3 is 5.21 Å². The molecule has 0 fully saturated rings. The monoisotopic (exact) mass is 87.0 g/mol. The van der Waals surface area contributed by atoms with Gasteiger partial charge in [-0.15, -0.1) is 4.91 Å². The van der Waals surface area contributed by atoms with Crippen LogP contribution in [-0.4, -0.2) is 41.4 Å². The van der Waals surface area contributed by atoms with Crippen LogP contribution in [0.3, 0.4) is 0 Å². The molecule has 0 unspecified atom stereocenters. The van der Waals surface area contributed by atoms with Crippen LogP contribution in [0.2, 0.25) is 0 Å². The maximum atomic E-state index is 8.11. The fourth-order valence-electron chi connectivity index (χ4n) is 0. The molecule has 0 aliphatic rings. The molecule has 0 radical (unpaired) electrons. The van der Waals surface area contributed by atoms with Crippen LogP contribution in [-0.2, 0) is 0 Å². The van der Waals surface area contributed by atoms with Crippen molar-refractivity contribution >= 4 is 36.2 Å². The fourth-order valence-corrected chi connectivity index (χ4v) is 0. The van der Waals surface area contributed by atoms with Gasteiger partial charge in [0.2, 0.25) is 0 Å². The van der Waals surface area contributed by atoms with E-state index >= 15 is 0 Å². The van der Waals surface area contributed by atoms with Crippen molar-refractivity contribution in [2.24, 2.45) is 5.34 Å². The molecule has 0 rings (SSSR count). The third-order valence-electron chi connectivity index (χ3n) is 0. The topological polar surface area (TPSA) is 49.7 Å². The van der Waals surface area contributed by atoms with Gasteiger partial charge in [0.05, 0.1) is 0 Å². The van der Waals surface area contributed by atoms with Gasteiger partial charge in [-0.3, -0.25) is 0 Å². The van der Waals surface area contributed by atoms with E-state index in [0.717, 1.165) is 0 Å². The van der Waals surface area contributed by atoms with Crippen LogP contribution in [0.15, 0.2) is 5.34 Å². The normalized spacial score (nSPS) is 2.40. The summed E-state index contributed by atoms with van der Waals surface area (Å²) in [6.45, 7) is 0. The Morgan fingerprint density at radius 1 is 1.80 bits per heavy atom. The second-order valence-corrected chi connectivity index (χ2v) is 0.0816. The molecule has 0 aromatic carbocycles. The van der Waals surface area contributed by atoms with E-state index in [2.05, 4.69) is 0 Å². The van der Waals surface area contributed by atoms with Crippen molar-refractivity contribution in [3.05, 3.63) is 4.91 Å². The van der Waals surface area contributed by atoms with E-state index in [1.165, 1.54) is 5.34 Å². The van der Waals surface area contributed by atoms with Crippen molar-refractivity contribution in [3.8, 4) is 0 Å². The Balaban J connectivity index is -0.00000000667. The molecule has 5 heteroatoms. The van der Waals surface area contributed by atoms with E-state index in [0.29, 0.717) is 0 Å². The molecule has 0 aromatic rings. The molecule has 0 aliphatic carbocycles. The van der Waals surface area contributed by atoms with E-state index in [1.807, 2.05) is 0 Å². The number of hydrogen-bond acceptors (Lipinski definition) is 2. The molecule has 0 bridgehead atoms. The van der Waals surface area contributed by atoms with Crippen molar-refractivity contribution in [2.45, 2.75) is 0 Å². The van der Waals surface area contributed by atoms with Crippen LogP contribution < -0.4 is 0 Å². The quantitative estimate of drug-likeness (QED) is 0.223. The van der Waals surface area contributed by atoms with Crippen molar-refractivity contribution in [1.29, 1.82) is 0 Å². The van der Waals surface area contributed by atoms with Crippen LogP contribution in [0.4, 0.5) is 0 Å². The Morgan fingerprint density at radius 3 is 1.80 bits per heavy atom. The second kappa shape index (κ2) is 24.1. The van der Waals surface area contributed by atoms with E-state index in [9.17, 15) is 0 Å². The molecular weight excluding hydrogens is 79.9 g/mol. The molecule has 0 spiro atoms. The Labute approximate surface area is 53.5 Å². The summed E-state index contributed by atoms with van der Waals surface area (Å²) in [7, 11) is 0. The average Bonchev–Trinajstić information content (AvgIpc) is 0.918. The first-order chi connectivity index (χ1) is 1.41. The molecule has 0 amide bonds. The zero-order valence-corrected chi connectivity index (χ0v) is 1.30. The van der Waals surface area contributed by atoms with Gasteiger partial charge in [-0.2, -0.15) is 0 Å². The Kier molecular flexibility index (Phi) is 85.5. The van der Waals surface area contributed by atoms with Gasteiger partial charge in [-0.25, -0.2) is 0 Å². The van der Waals surface area contributed by atoms with Crippen LogP contribution in [0.5, 0.6) is 0 Å². The molecule has 0 aliphatic heterocycles. The van der Waals surface area contributed by atoms with E-state index in [4.69, 9.17) is 10.1 Å². The SMILES string of the molecule is O=NO.[AlH3].[HH].[LiH]. The van der Waals surface area contributed by atoms with Gasteiger partial charge >= 0.3 is 18.9 Å². The van der Waals surface area contributed by atoms with E-state index < -0.39 is 0 Å². The standard InChI is InChI=1S/Al.Li.HNO2.H2.4H/c;;2-1-3;;;;;/h;;(H,2,3);1H;;;;. The molecular formula is H7AlLiNO2. The third-order valence-corrected chi connectivity index (χ3v) is 0. The summed E-state index contributed by atoms with van der Waals surface area (Å²) < 4.78 is 0. The molecule has 0 atom stereocenters. The zero-order chi connectivity index (χ0) is 2.71. The van der Waals surface area contributed by atoms with E-state index in [-0.39, 0.29) is 37.6 Å². The van der Waals surface area contributed by atoms with Crippen LogP contribution in [0.25, 0.3) is 0 Å². The number of nitrogens with zero attached hydrogens (tertiary/aromatic N) is 1. The summed E-state index contributed by atoms with van der Waals surface area (Å²) in [5.74, 6) is 0. The summed E-state index contributed by atoms with van der Waals surface area (Å²) in [5, 5.41) is 7.89. The Bertz CT molecular complexity index is 21.0. The van der Waals surface area contributed by atoms with Crippen molar-refractivity contribution in [1.82, 2.24) is 0 Å². The van der Waals surface area contributed by atoms with Gasteiger partial charge in [0.15, 0.2) is 22.7 Å². The fraction of sp³-hybridized carbons (Fsp3) is 0. The number of hydrogen-bond donors (Lipinski definition) is 1. The first-order valence-electron chi connectivity index (χ1n) is 0.383. The van der Waals surface area contributed by atoms with E-state index in [1.54, 1.807) is 0 Å². The Hall–Kier alpha value is 0.530. The van der Waals surface area contributed by atoms with Gasteiger partial charge in [-0.05, 0) is 0 Å². The van der Waals surface area contributed by atoms with Gasteiger partial charge in [-0.1, -0.05) is 0 Å². The van der Waals surface area contributed by atoms with Crippen molar-refractivity contribution in [3.63, 3.8) is 0 Å². The second-order valence-electron chi connectivity index (χ2n) is 0.0816. The van der Waals surface area contributed by atoms with Gasteiger partial charge in [0.1, 0.15) is 0 Å². The first kappa shape index (κ1) is 17.7. The molecule has 0 saturated carbocycles. The minimum atomic E-state index is 0. The predicted molar refractivity (Wildman–Crippen MR) is 26.8 cm³/mol. The molecule has 1 N–H and O–H groups in total. The molecule has 0 heterocycles. The third kappa shape index (κ3) is 103. The average molecular weight is 87.0 g/mol. The number of rotatable bonds is 0. The summed E-state index contributed by atoms with van der Waals surface area (Å²) in [4.78, 5) is 8.11. The van der Waals surface area contributed by atoms with Crippen LogP contribution in [0, 0.1) is 4.91 Å². The van der Waals surface area contributed by atoms with Gasteiger partial charge in [0.25, 0.3) is 0 Å². The summed E-state index contributed by atoms with van der Waals surface area (Å²) in [6, 6.07) is 0. The summed E-state index contributed by atoms with van der Waals surface area (Å²) in [6.07, 6.45) is 0. The summed E-state index contributed by atoms with van der Waals surface area (Å²) in [5.41, 5.74) is 0. The van der Waals surface area contributed by atoms with Crippen LogP contribution in [0.1, 0.15) is 1.43 Å². The van der Waals surface area contributed by atoms with Crippen molar-refractivity contribution < 1.29 is 6.63 Å². The summed E-state index contributed by atoms with van der Waals surface area (Å²) >= 11 is 0. The maximum absolute atomic E-state index is 8.11.